The van der Waals surface area contributed by atoms with Crippen LogP contribution in [0.1, 0.15) is 52.4 Å². The Balaban J connectivity index is 1.95. The average Bonchev–Trinajstić information content (AvgIpc) is 2.56. The van der Waals surface area contributed by atoms with Crippen LogP contribution in [0.5, 0.6) is 0 Å². The number of allylic oxidation sites excluding steroid dienone is 2. The third-order valence-corrected chi connectivity index (χ3v) is 8.16. The molecule has 0 radical (unpaired) electrons. The van der Waals surface area contributed by atoms with E-state index in [1.165, 1.54) is 0 Å². The highest BCUT2D eigenvalue weighted by atomic mass is 16.5. The zero-order valence-corrected chi connectivity index (χ0v) is 15.8. The monoisotopic (exact) mass is 342 g/mol. The van der Waals surface area contributed by atoms with Crippen molar-refractivity contribution in [3.05, 3.63) is 24.3 Å². The Morgan fingerprint density at radius 2 is 1.76 bits per heavy atom. The predicted octanol–water partition coefficient (Wildman–Crippen LogP) is 4.13. The molecule has 136 valence electrons. The maximum Gasteiger partial charge on any atom is 0.172 e. The molecule has 3 heteroatoms. The quantitative estimate of drug-likeness (QED) is 0.560. The van der Waals surface area contributed by atoms with Gasteiger partial charge in [0.25, 0.3) is 0 Å². The lowest BCUT2D eigenvalue weighted by Gasteiger charge is -2.67. The number of carbonyl (C=O) groups is 2. The minimum atomic E-state index is -0.897. The van der Waals surface area contributed by atoms with Crippen LogP contribution in [0, 0.1) is 34.0 Å². The Kier molecular flexibility index (Phi) is 3.55. The van der Waals surface area contributed by atoms with E-state index in [9.17, 15) is 9.59 Å². The molecule has 0 aliphatic heterocycles. The van der Waals surface area contributed by atoms with Crippen molar-refractivity contribution < 1.29 is 14.3 Å². The summed E-state index contributed by atoms with van der Waals surface area (Å²) in [6.45, 7) is 13.5. The van der Waals surface area contributed by atoms with Gasteiger partial charge < -0.3 is 4.74 Å². The Morgan fingerprint density at radius 3 is 2.44 bits per heavy atom. The van der Waals surface area contributed by atoms with Crippen LogP contribution < -0.4 is 0 Å². The zero-order valence-electron chi connectivity index (χ0n) is 15.8. The molecule has 25 heavy (non-hydrogen) atoms. The molecule has 5 aliphatic rings. The third kappa shape index (κ3) is 1.86. The molecule has 0 amide bonds. The van der Waals surface area contributed by atoms with E-state index < -0.39 is 5.41 Å². The number of ketones is 2. The lowest BCUT2D eigenvalue weighted by Crippen LogP contribution is -2.69. The number of hydrogen-bond donors (Lipinski definition) is 0. The molecule has 1 spiro atoms. The maximum absolute atomic E-state index is 13.6. The Bertz CT molecular complexity index is 683. The molecule has 0 heterocycles. The van der Waals surface area contributed by atoms with E-state index in [1.54, 1.807) is 7.11 Å². The van der Waals surface area contributed by atoms with E-state index in [0.29, 0.717) is 24.2 Å². The average molecular weight is 342 g/mol. The van der Waals surface area contributed by atoms with Gasteiger partial charge in [-0.15, -0.1) is 0 Å². The predicted molar refractivity (Wildman–Crippen MR) is 97.0 cm³/mol. The van der Waals surface area contributed by atoms with Gasteiger partial charge in [-0.2, -0.15) is 0 Å². The van der Waals surface area contributed by atoms with Gasteiger partial charge >= 0.3 is 0 Å². The van der Waals surface area contributed by atoms with Crippen molar-refractivity contribution in [3.63, 3.8) is 0 Å². The first-order valence-electron chi connectivity index (χ1n) is 9.68. The van der Waals surface area contributed by atoms with Gasteiger partial charge in [0.2, 0.25) is 0 Å². The topological polar surface area (TPSA) is 43.4 Å². The summed E-state index contributed by atoms with van der Waals surface area (Å²) in [4.78, 5) is 26.9. The summed E-state index contributed by atoms with van der Waals surface area (Å²) in [7, 11) is 1.75. The summed E-state index contributed by atoms with van der Waals surface area (Å²) < 4.78 is 5.75. The normalized spacial score (nSPS) is 45.3. The molecular formula is C22H30O3. The second-order valence-electron chi connectivity index (χ2n) is 9.65. The number of rotatable bonds is 2. The summed E-state index contributed by atoms with van der Waals surface area (Å²) in [6.07, 6.45) is 5.76. The highest BCUT2D eigenvalue weighted by Gasteiger charge is 2.72. The SMILES string of the molecule is C=C1C(=O)[C@@]23CC[C@@H](CC2[C@]2(COC)CCCC(C)(C)C12)C(=C)C3=O. The Labute approximate surface area is 150 Å². The highest BCUT2D eigenvalue weighted by molar-refractivity contribution is 6.21. The molecule has 0 N–H and O–H groups in total. The first-order chi connectivity index (χ1) is 11.7. The molecule has 2 bridgehead atoms. The van der Waals surface area contributed by atoms with Crippen LogP contribution in [-0.2, 0) is 14.3 Å². The summed E-state index contributed by atoms with van der Waals surface area (Å²) in [5, 5.41) is 0. The molecule has 5 rings (SSSR count). The lowest BCUT2D eigenvalue weighted by molar-refractivity contribution is -0.185. The van der Waals surface area contributed by atoms with E-state index in [1.807, 2.05) is 0 Å². The molecule has 3 nitrogen and oxygen atoms in total. The zero-order chi connectivity index (χ0) is 18.2. The van der Waals surface area contributed by atoms with Gasteiger partial charge in [0.05, 0.1) is 12.0 Å². The van der Waals surface area contributed by atoms with Crippen molar-refractivity contribution in [2.45, 2.75) is 52.4 Å². The minimum absolute atomic E-state index is 0.0158. The van der Waals surface area contributed by atoms with Crippen LogP contribution in [0.15, 0.2) is 24.3 Å². The summed E-state index contributed by atoms with van der Waals surface area (Å²) in [6, 6.07) is 0. The summed E-state index contributed by atoms with van der Waals surface area (Å²) >= 11 is 0. The minimum Gasteiger partial charge on any atom is -0.384 e. The van der Waals surface area contributed by atoms with Crippen LogP contribution in [0.4, 0.5) is 0 Å². The van der Waals surface area contributed by atoms with E-state index in [0.717, 1.165) is 32.1 Å². The van der Waals surface area contributed by atoms with Crippen molar-refractivity contribution in [3.8, 4) is 0 Å². The number of hydrogen-bond acceptors (Lipinski definition) is 3. The van der Waals surface area contributed by atoms with Crippen molar-refractivity contribution in [1.29, 1.82) is 0 Å². The number of carbonyl (C=O) groups excluding carboxylic acids is 2. The van der Waals surface area contributed by atoms with Crippen LogP contribution in [0.25, 0.3) is 0 Å². The van der Waals surface area contributed by atoms with Crippen LogP contribution in [-0.4, -0.2) is 25.3 Å². The molecular weight excluding hydrogens is 312 g/mol. The van der Waals surface area contributed by atoms with Gasteiger partial charge in [-0.1, -0.05) is 33.4 Å². The van der Waals surface area contributed by atoms with E-state index in [2.05, 4.69) is 27.0 Å². The summed E-state index contributed by atoms with van der Waals surface area (Å²) in [5.74, 6) is 0.478. The molecule has 0 aromatic carbocycles. The molecule has 0 aromatic heterocycles. The first kappa shape index (κ1) is 17.2. The smallest absolute Gasteiger partial charge is 0.172 e. The van der Waals surface area contributed by atoms with Gasteiger partial charge in [0, 0.05) is 18.4 Å². The molecule has 5 atom stereocenters. The van der Waals surface area contributed by atoms with Crippen LogP contribution in [0.2, 0.25) is 0 Å². The number of fused-ring (bicyclic) bond motifs is 3. The Hall–Kier alpha value is -1.22. The van der Waals surface area contributed by atoms with Gasteiger partial charge in [-0.25, -0.2) is 0 Å². The maximum atomic E-state index is 13.6. The van der Waals surface area contributed by atoms with Crippen molar-refractivity contribution in [1.82, 2.24) is 0 Å². The van der Waals surface area contributed by atoms with Gasteiger partial charge in [0.15, 0.2) is 11.6 Å². The number of methoxy groups -OCH3 is 1. The highest BCUT2D eigenvalue weighted by Crippen LogP contribution is 2.71. The van der Waals surface area contributed by atoms with E-state index >= 15 is 0 Å². The molecule has 5 aliphatic carbocycles. The fourth-order valence-electron chi connectivity index (χ4n) is 7.42. The molecule has 2 unspecified atom stereocenters. The molecule has 5 saturated carbocycles. The standard InChI is InChI=1S/C22H30O3/c1-13-15-7-10-22(18(13)23)16(11-15)21(12-25-5)9-6-8-20(3,4)17(21)14(2)19(22)24/h15-17H,1-2,6-12H2,3-5H3/t15-,16?,17?,21+,22-/m0/s1. The van der Waals surface area contributed by atoms with Gasteiger partial charge in [0.1, 0.15) is 0 Å². The van der Waals surface area contributed by atoms with Crippen molar-refractivity contribution in [2.75, 3.05) is 13.7 Å². The summed E-state index contributed by atoms with van der Waals surface area (Å²) in [5.41, 5.74) is 0.341. The number of ether oxygens (including phenoxy) is 1. The van der Waals surface area contributed by atoms with Crippen molar-refractivity contribution >= 4 is 11.6 Å². The largest absolute Gasteiger partial charge is 0.384 e. The third-order valence-electron chi connectivity index (χ3n) is 8.16. The molecule has 5 fully saturated rings. The van der Waals surface area contributed by atoms with Gasteiger partial charge in [-0.3, -0.25) is 9.59 Å². The van der Waals surface area contributed by atoms with E-state index in [4.69, 9.17) is 4.74 Å². The molecule has 0 saturated heterocycles. The van der Waals surface area contributed by atoms with Crippen LogP contribution in [0.3, 0.4) is 0 Å². The van der Waals surface area contributed by atoms with Crippen LogP contribution >= 0.6 is 0 Å². The fraction of sp³-hybridized carbons (Fsp3) is 0.727. The number of Topliss-reactive ketones (excluding diaryl/α,β-unsaturated/α-hetero) is 2. The fourth-order valence-corrected chi connectivity index (χ4v) is 7.42. The molecule has 0 aromatic rings. The van der Waals surface area contributed by atoms with Gasteiger partial charge in [-0.05, 0) is 60.5 Å². The second kappa shape index (κ2) is 5.16. The lowest BCUT2D eigenvalue weighted by atomic mass is 9.35. The first-order valence-corrected chi connectivity index (χ1v) is 9.68. The Morgan fingerprint density at radius 1 is 1.08 bits per heavy atom. The van der Waals surface area contributed by atoms with Crippen molar-refractivity contribution in [2.24, 2.45) is 34.0 Å². The van der Waals surface area contributed by atoms with E-state index in [-0.39, 0.29) is 40.2 Å². The second-order valence-corrected chi connectivity index (χ2v) is 9.65.